The number of allylic oxidation sites excluding steroid dienone is 1. The van der Waals surface area contributed by atoms with E-state index in [1.165, 1.54) is 0 Å². The van der Waals surface area contributed by atoms with Crippen LogP contribution >= 0.6 is 0 Å². The molecule has 0 aromatic carbocycles. The molecule has 1 aromatic rings. The summed E-state index contributed by atoms with van der Waals surface area (Å²) >= 11 is 0. The van der Waals surface area contributed by atoms with Gasteiger partial charge in [0.25, 0.3) is 0 Å². The third-order valence-corrected chi connectivity index (χ3v) is 4.96. The fourth-order valence-electron chi connectivity index (χ4n) is 3.42. The molecule has 0 radical (unpaired) electrons. The van der Waals surface area contributed by atoms with Crippen LogP contribution in [0.15, 0.2) is 12.3 Å². The Balaban J connectivity index is 1.90. The maximum absolute atomic E-state index is 10.4. The molecule has 3 rings (SSSR count). The van der Waals surface area contributed by atoms with Crippen molar-refractivity contribution in [2.45, 2.75) is 57.6 Å². The van der Waals surface area contributed by atoms with Gasteiger partial charge in [0.2, 0.25) is 5.95 Å². The summed E-state index contributed by atoms with van der Waals surface area (Å²) in [6.45, 7) is 4.61. The molecule has 28 heavy (non-hydrogen) atoms. The van der Waals surface area contributed by atoms with Crippen LogP contribution in [0.25, 0.3) is 0 Å². The predicted octanol–water partition coefficient (Wildman–Crippen LogP) is 0.641. The van der Waals surface area contributed by atoms with Gasteiger partial charge in [-0.25, -0.2) is 4.98 Å². The number of hydrogen-bond donors (Lipinski definition) is 6. The van der Waals surface area contributed by atoms with Crippen LogP contribution in [0.2, 0.25) is 0 Å². The van der Waals surface area contributed by atoms with Gasteiger partial charge in [0.1, 0.15) is 29.8 Å². The summed E-state index contributed by atoms with van der Waals surface area (Å²) < 4.78 is 7.30. The summed E-state index contributed by atoms with van der Waals surface area (Å²) in [6, 6.07) is 0. The van der Waals surface area contributed by atoms with Crippen molar-refractivity contribution in [2.75, 3.05) is 30.5 Å². The number of fused-ring (bicyclic) bond motifs is 1. The first-order valence-corrected chi connectivity index (χ1v) is 9.78. The maximum atomic E-state index is 10.4. The molecule has 0 amide bonds. The molecule has 0 spiro atoms. The van der Waals surface area contributed by atoms with E-state index in [1.54, 1.807) is 9.47 Å². The van der Waals surface area contributed by atoms with Crippen LogP contribution in [0.5, 0.6) is 0 Å². The number of rotatable bonds is 8. The van der Waals surface area contributed by atoms with E-state index in [2.05, 4.69) is 22.5 Å². The van der Waals surface area contributed by atoms with Crippen LogP contribution < -0.4 is 10.6 Å². The molecule has 10 heteroatoms. The highest BCUT2D eigenvalue weighted by molar-refractivity contribution is 6.01. The Kier molecular flexibility index (Phi) is 6.55. The minimum Gasteiger partial charge on any atom is -0.394 e. The number of aliphatic hydroxyl groups excluding tert-OH is 3. The van der Waals surface area contributed by atoms with Crippen LogP contribution in [0, 0.1) is 5.41 Å². The number of aliphatic hydroxyl groups is 3. The van der Waals surface area contributed by atoms with Crippen molar-refractivity contribution in [3.8, 4) is 0 Å². The highest BCUT2D eigenvalue weighted by Crippen LogP contribution is 2.37. The lowest BCUT2D eigenvalue weighted by molar-refractivity contribution is -0.0509. The van der Waals surface area contributed by atoms with Crippen molar-refractivity contribution in [3.63, 3.8) is 0 Å². The fourth-order valence-corrected chi connectivity index (χ4v) is 3.42. The molecule has 4 atom stereocenters. The van der Waals surface area contributed by atoms with Crippen LogP contribution in [-0.4, -0.2) is 73.7 Å². The van der Waals surface area contributed by atoms with Gasteiger partial charge in [0, 0.05) is 12.7 Å². The number of nitrogens with one attached hydrogen (secondary N) is 3. The highest BCUT2D eigenvalue weighted by atomic mass is 16.6. The van der Waals surface area contributed by atoms with Gasteiger partial charge < -0.3 is 35.6 Å². The molecule has 156 valence electrons. The largest absolute Gasteiger partial charge is 0.394 e. The van der Waals surface area contributed by atoms with Crippen LogP contribution in [-0.2, 0) is 4.74 Å². The van der Waals surface area contributed by atoms with Gasteiger partial charge in [-0.05, 0) is 13.3 Å². The third-order valence-electron chi connectivity index (χ3n) is 4.96. The van der Waals surface area contributed by atoms with Gasteiger partial charge in [0.15, 0.2) is 12.1 Å². The van der Waals surface area contributed by atoms with Gasteiger partial charge in [-0.15, -0.1) is 0 Å². The molecule has 2 aliphatic heterocycles. The predicted molar refractivity (Wildman–Crippen MR) is 105 cm³/mol. The molecular formula is C18H30N6O4. The van der Waals surface area contributed by atoms with Crippen molar-refractivity contribution in [2.24, 2.45) is 0 Å². The fraction of sp³-hybridized carbons (Fsp3) is 0.667. The van der Waals surface area contributed by atoms with E-state index < -0.39 is 31.1 Å². The highest BCUT2D eigenvalue weighted by Gasteiger charge is 2.46. The first-order chi connectivity index (χ1) is 13.5. The summed E-state index contributed by atoms with van der Waals surface area (Å²) in [5, 5.41) is 44.8. The molecule has 1 saturated heterocycles. The number of aromatic nitrogens is 2. The summed E-state index contributed by atoms with van der Waals surface area (Å²) in [6.07, 6.45) is 2.85. The number of anilines is 2. The lowest BCUT2D eigenvalue weighted by Gasteiger charge is -2.29. The monoisotopic (exact) mass is 394 g/mol. The molecule has 10 nitrogen and oxygen atoms in total. The zero-order valence-electron chi connectivity index (χ0n) is 16.3. The quantitative estimate of drug-likeness (QED) is 0.353. The van der Waals surface area contributed by atoms with E-state index in [0.29, 0.717) is 30.7 Å². The Bertz CT molecular complexity index is 721. The van der Waals surface area contributed by atoms with E-state index in [1.807, 2.05) is 19.2 Å². The zero-order chi connectivity index (χ0) is 20.3. The Hall–Kier alpha value is -2.14. The molecule has 3 heterocycles. The first-order valence-electron chi connectivity index (χ1n) is 9.78. The third kappa shape index (κ3) is 3.72. The molecule has 0 aliphatic carbocycles. The second kappa shape index (κ2) is 8.91. The Labute approximate surface area is 164 Å². The normalized spacial score (nSPS) is 27.3. The zero-order valence-corrected chi connectivity index (χ0v) is 16.3. The van der Waals surface area contributed by atoms with E-state index >= 15 is 0 Å². The number of unbranched alkanes of at least 4 members (excludes halogenated alkanes) is 2. The van der Waals surface area contributed by atoms with Crippen molar-refractivity contribution < 1.29 is 20.1 Å². The van der Waals surface area contributed by atoms with E-state index in [9.17, 15) is 15.3 Å². The summed E-state index contributed by atoms with van der Waals surface area (Å²) in [5.74, 6) is 1.21. The van der Waals surface area contributed by atoms with Crippen molar-refractivity contribution in [1.82, 2.24) is 14.5 Å². The van der Waals surface area contributed by atoms with Crippen molar-refractivity contribution in [3.05, 3.63) is 18.0 Å². The summed E-state index contributed by atoms with van der Waals surface area (Å²) in [4.78, 5) is 6.29. The molecule has 2 aliphatic rings. The van der Waals surface area contributed by atoms with Gasteiger partial charge >= 0.3 is 0 Å². The van der Waals surface area contributed by atoms with E-state index in [4.69, 9.17) is 10.1 Å². The van der Waals surface area contributed by atoms with Crippen LogP contribution in [0.1, 0.15) is 45.0 Å². The first kappa shape index (κ1) is 20.6. The molecule has 0 bridgehead atoms. The molecule has 1 aromatic heterocycles. The van der Waals surface area contributed by atoms with Crippen molar-refractivity contribution >= 4 is 17.6 Å². The van der Waals surface area contributed by atoms with Crippen LogP contribution in [0.3, 0.4) is 0 Å². The average molecular weight is 394 g/mol. The summed E-state index contributed by atoms with van der Waals surface area (Å²) in [5.41, 5.74) is 0.431. The Morgan fingerprint density at radius 3 is 2.79 bits per heavy atom. The summed E-state index contributed by atoms with van der Waals surface area (Å²) in [7, 11) is 0. The second-order valence-electron chi connectivity index (χ2n) is 6.94. The molecule has 0 saturated carbocycles. The van der Waals surface area contributed by atoms with Crippen molar-refractivity contribution in [1.29, 1.82) is 5.41 Å². The Morgan fingerprint density at radius 2 is 2.14 bits per heavy atom. The topological polar surface area (TPSA) is 139 Å². The van der Waals surface area contributed by atoms with Gasteiger partial charge in [-0.2, -0.15) is 0 Å². The molecular weight excluding hydrogens is 364 g/mol. The van der Waals surface area contributed by atoms with Gasteiger partial charge in [-0.1, -0.05) is 25.8 Å². The molecule has 0 unspecified atom stereocenters. The average Bonchev–Trinajstić information content (AvgIpc) is 3.19. The number of imidazole rings is 1. The Morgan fingerprint density at radius 1 is 1.36 bits per heavy atom. The van der Waals surface area contributed by atoms with Crippen LogP contribution in [0.4, 0.5) is 11.8 Å². The van der Waals surface area contributed by atoms with Gasteiger partial charge in [0.05, 0.1) is 13.3 Å². The SMILES string of the molecule is CCCC/C=C/N1CNc2c(nc(NCC)n2[C@@H]2O[C@H](CO)[C@@H](O)[C@H]2O)C1=N. The van der Waals surface area contributed by atoms with Gasteiger partial charge in [-0.3, -0.25) is 9.98 Å². The smallest absolute Gasteiger partial charge is 0.207 e. The standard InChI is InChI=1S/C18H30N6O4/c1-3-5-6-7-8-23-10-21-16-12(15(23)19)22-18(20-4-2)24(16)17-14(27)13(26)11(9-25)28-17/h7-8,11,13-14,17,19,21,25-27H,3-6,9-10H2,1-2H3,(H,20,22)/b8-7+,19-15?/t11-,13-,14-,17-/m1/s1. The lowest BCUT2D eigenvalue weighted by atomic mass is 10.1. The van der Waals surface area contributed by atoms with E-state index in [0.717, 1.165) is 19.3 Å². The minimum absolute atomic E-state index is 0.242. The number of amidine groups is 1. The second-order valence-corrected chi connectivity index (χ2v) is 6.94. The number of hydrogen-bond acceptors (Lipinski definition) is 8. The molecule has 6 N–H and O–H groups in total. The maximum Gasteiger partial charge on any atom is 0.207 e. The number of ether oxygens (including phenoxy) is 1. The number of nitrogens with zero attached hydrogens (tertiary/aromatic N) is 3. The lowest BCUT2D eigenvalue weighted by Crippen LogP contribution is -2.38. The molecule has 1 fully saturated rings. The van der Waals surface area contributed by atoms with E-state index in [-0.39, 0.29) is 5.84 Å². The minimum atomic E-state index is -1.23.